The van der Waals surface area contributed by atoms with Crippen LogP contribution in [0.1, 0.15) is 30.4 Å². The zero-order valence-electron chi connectivity index (χ0n) is 33.3. The van der Waals surface area contributed by atoms with Crippen molar-refractivity contribution < 1.29 is 64.6 Å². The summed E-state index contributed by atoms with van der Waals surface area (Å²) >= 11 is 0. The second-order valence-electron chi connectivity index (χ2n) is 12.4. The number of hydrogen-bond donors (Lipinski definition) is 9. The van der Waals surface area contributed by atoms with E-state index in [1.165, 1.54) is 25.5 Å². The number of aliphatic hydroxyl groups is 2. The minimum atomic E-state index is -3.92. The molecule has 0 aliphatic rings. The van der Waals surface area contributed by atoms with Gasteiger partial charge in [-0.25, -0.2) is 0 Å². The molecule has 4 aromatic carbocycles. The second-order valence-corrected chi connectivity index (χ2v) is 15.5. The van der Waals surface area contributed by atoms with Crippen LogP contribution in [-0.4, -0.2) is 105 Å². The average Bonchev–Trinajstić information content (AvgIpc) is 3.21. The molecule has 11 N–H and O–H groups in total. The van der Waals surface area contributed by atoms with Crippen molar-refractivity contribution in [3.63, 3.8) is 0 Å². The van der Waals surface area contributed by atoms with Gasteiger partial charge in [0.2, 0.25) is 11.2 Å². The first kappa shape index (κ1) is 50.9. The van der Waals surface area contributed by atoms with E-state index in [9.17, 15) is 26.7 Å². The summed E-state index contributed by atoms with van der Waals surface area (Å²) in [5.74, 6) is 1.32. The molecule has 0 saturated carbocycles. The number of unbranched alkanes of at least 4 members (excludes halogenated alkanes) is 2. The molecule has 0 aliphatic heterocycles. The van der Waals surface area contributed by atoms with Crippen LogP contribution in [0.2, 0.25) is 0 Å². The standard InChI is InChI=1S/C19H24N4O2.C17H14O5.2C2H6O4S/c20-18(21)14-4-8-16(9-5-14)24-12-2-1-3-13-25-17-10-6-15(7-11-17)19(22)23;1-20-11-5-3-10(4-6-11)13-9-22-16-12(15(13)19)7-8-14(18)17(16)21-2;2*3-1-2-7(4,5)6/h4-11H,1-3,12-13H2,(H3,20,21)(H3,22,23);3-9,18H,1-2H3;2*3H,1-2H2,(H,4,5,6). The third-order valence-corrected chi connectivity index (χ3v) is 9.23. The summed E-state index contributed by atoms with van der Waals surface area (Å²) in [7, 11) is -4.86. The topological polar surface area (TPSA) is 336 Å². The van der Waals surface area contributed by atoms with Crippen molar-refractivity contribution in [1.29, 1.82) is 10.8 Å². The Kier molecular flexibility index (Phi) is 21.2. The number of phenolic OH excluding ortho intramolecular Hbond substituents is 1. The molecule has 19 nitrogen and oxygen atoms in total. The number of phenols is 1. The van der Waals surface area contributed by atoms with Crippen LogP contribution >= 0.6 is 0 Å². The van der Waals surface area contributed by atoms with Gasteiger partial charge in [-0.2, -0.15) is 16.8 Å². The molecular weight excluding hydrogens is 841 g/mol. The van der Waals surface area contributed by atoms with E-state index in [0.29, 0.717) is 41.0 Å². The first-order valence-electron chi connectivity index (χ1n) is 18.1. The van der Waals surface area contributed by atoms with Gasteiger partial charge in [-0.3, -0.25) is 24.7 Å². The minimum Gasteiger partial charge on any atom is -0.504 e. The van der Waals surface area contributed by atoms with Gasteiger partial charge in [0.15, 0.2) is 11.3 Å². The Morgan fingerprint density at radius 3 is 1.46 bits per heavy atom. The molecule has 0 saturated heterocycles. The summed E-state index contributed by atoms with van der Waals surface area (Å²) in [6.45, 7) is 0.233. The number of aliphatic hydroxyl groups excluding tert-OH is 2. The molecule has 0 fully saturated rings. The zero-order chi connectivity index (χ0) is 45.6. The van der Waals surface area contributed by atoms with Crippen molar-refractivity contribution in [3.05, 3.63) is 113 Å². The third-order valence-electron chi connectivity index (χ3n) is 7.84. The molecule has 0 aliphatic carbocycles. The summed E-state index contributed by atoms with van der Waals surface area (Å²) in [6.07, 6.45) is 4.27. The predicted octanol–water partition coefficient (Wildman–Crippen LogP) is 3.80. The fraction of sp³-hybridized carbons (Fsp3) is 0.275. The van der Waals surface area contributed by atoms with Crippen LogP contribution in [-0.2, 0) is 20.2 Å². The predicted molar refractivity (Wildman–Crippen MR) is 229 cm³/mol. The fourth-order valence-electron chi connectivity index (χ4n) is 4.78. The average molecular weight is 891 g/mol. The highest BCUT2D eigenvalue weighted by Gasteiger charge is 2.15. The van der Waals surface area contributed by atoms with Gasteiger partial charge < -0.3 is 50.2 Å². The van der Waals surface area contributed by atoms with E-state index in [2.05, 4.69) is 0 Å². The number of fused-ring (bicyclic) bond motifs is 1. The van der Waals surface area contributed by atoms with Crippen LogP contribution in [0.15, 0.2) is 100 Å². The van der Waals surface area contributed by atoms with Crippen molar-refractivity contribution in [2.75, 3.05) is 52.2 Å². The van der Waals surface area contributed by atoms with Crippen LogP contribution < -0.4 is 35.8 Å². The highest BCUT2D eigenvalue weighted by atomic mass is 32.2. The first-order chi connectivity index (χ1) is 28.8. The van der Waals surface area contributed by atoms with Gasteiger partial charge in [-0.1, -0.05) is 12.1 Å². The minimum absolute atomic E-state index is 0.0579. The normalized spacial score (nSPS) is 10.7. The van der Waals surface area contributed by atoms with Crippen LogP contribution in [0, 0.1) is 10.8 Å². The third kappa shape index (κ3) is 18.7. The van der Waals surface area contributed by atoms with Gasteiger partial charge in [0.1, 0.15) is 35.2 Å². The molecule has 1 aromatic heterocycles. The van der Waals surface area contributed by atoms with Gasteiger partial charge >= 0.3 is 0 Å². The Labute approximate surface area is 352 Å². The summed E-state index contributed by atoms with van der Waals surface area (Å²) in [5.41, 5.74) is 13.4. The summed E-state index contributed by atoms with van der Waals surface area (Å²) in [4.78, 5) is 12.6. The number of hydrogen-bond acceptors (Lipinski definition) is 15. The lowest BCUT2D eigenvalue weighted by atomic mass is 10.1. The molecule has 61 heavy (non-hydrogen) atoms. The molecule has 21 heteroatoms. The molecule has 0 unspecified atom stereocenters. The number of amidine groups is 2. The molecule has 0 radical (unpaired) electrons. The smallest absolute Gasteiger partial charge is 0.267 e. The molecule has 332 valence electrons. The molecule has 0 atom stereocenters. The maximum absolute atomic E-state index is 12.6. The lowest BCUT2D eigenvalue weighted by Gasteiger charge is -2.08. The zero-order valence-corrected chi connectivity index (χ0v) is 34.9. The lowest BCUT2D eigenvalue weighted by Crippen LogP contribution is -2.10. The number of nitrogen functional groups attached to an aromatic ring is 2. The maximum Gasteiger partial charge on any atom is 0.267 e. The van der Waals surface area contributed by atoms with Gasteiger partial charge in [-0.15, -0.1) is 0 Å². The highest BCUT2D eigenvalue weighted by molar-refractivity contribution is 7.86. The number of ether oxygens (including phenoxy) is 4. The highest BCUT2D eigenvalue weighted by Crippen LogP contribution is 2.34. The van der Waals surface area contributed by atoms with Crippen LogP contribution in [0.25, 0.3) is 22.1 Å². The van der Waals surface area contributed by atoms with Crippen LogP contribution in [0.5, 0.6) is 28.7 Å². The van der Waals surface area contributed by atoms with Crippen molar-refractivity contribution in [3.8, 4) is 39.9 Å². The van der Waals surface area contributed by atoms with Crippen molar-refractivity contribution in [1.82, 2.24) is 0 Å². The summed E-state index contributed by atoms with van der Waals surface area (Å²) in [6, 6.07) is 24.5. The number of nitrogens with two attached hydrogens (primary N) is 2. The quantitative estimate of drug-likeness (QED) is 0.0277. The summed E-state index contributed by atoms with van der Waals surface area (Å²) < 4.78 is 81.2. The molecule has 1 heterocycles. The van der Waals surface area contributed by atoms with E-state index in [4.69, 9.17) is 65.0 Å². The number of nitrogens with one attached hydrogen (secondary N) is 2. The number of rotatable bonds is 17. The maximum atomic E-state index is 12.6. The SMILES string of the molecule is COc1ccc(-c2coc3c(OC)c(O)ccc3c2=O)cc1.N=C(N)c1ccc(OCCCCCOc2ccc(C(=N)N)cc2)cc1.O=S(=O)(O)CCO.O=S(=O)(O)CCO. The Hall–Kier alpha value is -6.23. The van der Waals surface area contributed by atoms with Crippen molar-refractivity contribution in [2.45, 2.75) is 19.3 Å². The van der Waals surface area contributed by atoms with E-state index in [1.807, 2.05) is 24.3 Å². The van der Waals surface area contributed by atoms with E-state index in [1.54, 1.807) is 55.6 Å². The number of benzene rings is 4. The van der Waals surface area contributed by atoms with E-state index in [-0.39, 0.29) is 34.2 Å². The molecular formula is C40H50N4O15S2. The molecule has 5 aromatic rings. The second kappa shape index (κ2) is 25.4. The van der Waals surface area contributed by atoms with Crippen LogP contribution in [0.4, 0.5) is 0 Å². The Bertz CT molecular complexity index is 2330. The first-order valence-corrected chi connectivity index (χ1v) is 21.3. The molecule has 5 rings (SSSR count). The van der Waals surface area contributed by atoms with E-state index < -0.39 is 45.0 Å². The van der Waals surface area contributed by atoms with Gasteiger partial charge in [0.05, 0.1) is 63.1 Å². The number of methoxy groups -OCH3 is 2. The summed E-state index contributed by atoms with van der Waals surface area (Å²) in [5, 5.41) is 40.5. The Morgan fingerprint density at radius 2 is 1.10 bits per heavy atom. The van der Waals surface area contributed by atoms with Crippen molar-refractivity contribution >= 4 is 42.9 Å². The van der Waals surface area contributed by atoms with Gasteiger partial charge in [-0.05, 0) is 97.6 Å². The largest absolute Gasteiger partial charge is 0.504 e. The Balaban J connectivity index is 0.000000322. The Morgan fingerprint density at radius 1 is 0.656 bits per heavy atom. The molecule has 0 spiro atoms. The van der Waals surface area contributed by atoms with Gasteiger partial charge in [0.25, 0.3) is 20.2 Å². The lowest BCUT2D eigenvalue weighted by molar-refractivity contribution is 0.279. The van der Waals surface area contributed by atoms with E-state index >= 15 is 0 Å². The van der Waals surface area contributed by atoms with E-state index in [0.717, 1.165) is 36.3 Å². The van der Waals surface area contributed by atoms with Crippen LogP contribution in [0.3, 0.4) is 0 Å². The van der Waals surface area contributed by atoms with Crippen molar-refractivity contribution in [2.24, 2.45) is 11.5 Å². The number of aromatic hydroxyl groups is 1. The fourth-order valence-corrected chi connectivity index (χ4v) is 5.25. The molecule has 0 bridgehead atoms. The molecule has 0 amide bonds. The van der Waals surface area contributed by atoms with Gasteiger partial charge in [0, 0.05) is 11.1 Å². The monoisotopic (exact) mass is 890 g/mol.